The van der Waals surface area contributed by atoms with E-state index in [0.717, 1.165) is 12.2 Å². The van der Waals surface area contributed by atoms with Gasteiger partial charge in [0.1, 0.15) is 5.75 Å². The van der Waals surface area contributed by atoms with Crippen molar-refractivity contribution in [3.8, 4) is 5.75 Å². The molecule has 1 aromatic carbocycles. The van der Waals surface area contributed by atoms with Gasteiger partial charge in [-0.2, -0.15) is 0 Å². The van der Waals surface area contributed by atoms with Crippen molar-refractivity contribution in [3.05, 3.63) is 29.8 Å². The molecule has 0 bridgehead atoms. The number of rotatable bonds is 7. The molecule has 0 saturated carbocycles. The van der Waals surface area contributed by atoms with Crippen molar-refractivity contribution in [1.82, 2.24) is 0 Å². The van der Waals surface area contributed by atoms with E-state index in [1.807, 2.05) is 26.0 Å². The lowest BCUT2D eigenvalue weighted by atomic mass is 10.0. The van der Waals surface area contributed by atoms with Crippen LogP contribution in [0.15, 0.2) is 24.3 Å². The van der Waals surface area contributed by atoms with Gasteiger partial charge < -0.3 is 10.5 Å². The van der Waals surface area contributed by atoms with Crippen LogP contribution in [0, 0.1) is 0 Å². The third-order valence-electron chi connectivity index (χ3n) is 2.80. The van der Waals surface area contributed by atoms with Crippen molar-refractivity contribution in [2.75, 3.05) is 0 Å². The second-order valence-corrected chi connectivity index (χ2v) is 4.84. The summed E-state index contributed by atoms with van der Waals surface area (Å²) in [5.74, 6) is 0.921. The zero-order valence-corrected chi connectivity index (χ0v) is 12.5. The molecular formula is C15H26ClNO. The minimum atomic E-state index is 0. The highest BCUT2D eigenvalue weighted by atomic mass is 35.5. The summed E-state index contributed by atoms with van der Waals surface area (Å²) in [6, 6.07) is 8.34. The van der Waals surface area contributed by atoms with Gasteiger partial charge in [-0.05, 0) is 38.0 Å². The highest BCUT2D eigenvalue weighted by Crippen LogP contribution is 2.21. The normalized spacial score (nSPS) is 12.1. The standard InChI is InChI=1S/C15H25NO.ClH/c1-4-5-6-7-15(16)13-8-10-14(11-9-13)17-12(2)3;/h8-12,15H,4-7,16H2,1-3H3;1H/t15-;/m1./s1. The van der Waals surface area contributed by atoms with Crippen LogP contribution in [0.1, 0.15) is 58.1 Å². The largest absolute Gasteiger partial charge is 0.491 e. The van der Waals surface area contributed by atoms with Crippen LogP contribution in [-0.2, 0) is 0 Å². The lowest BCUT2D eigenvalue weighted by molar-refractivity contribution is 0.242. The van der Waals surface area contributed by atoms with Crippen molar-refractivity contribution < 1.29 is 4.74 Å². The summed E-state index contributed by atoms with van der Waals surface area (Å²) in [6.07, 6.45) is 5.01. The van der Waals surface area contributed by atoms with Crippen LogP contribution < -0.4 is 10.5 Å². The number of hydrogen-bond donors (Lipinski definition) is 1. The Kier molecular flexibility index (Phi) is 8.86. The van der Waals surface area contributed by atoms with Crippen LogP contribution in [0.5, 0.6) is 5.75 Å². The first kappa shape index (κ1) is 17.3. The van der Waals surface area contributed by atoms with E-state index in [4.69, 9.17) is 10.5 Å². The third kappa shape index (κ3) is 6.27. The second-order valence-electron chi connectivity index (χ2n) is 4.84. The number of nitrogens with two attached hydrogens (primary N) is 1. The topological polar surface area (TPSA) is 35.2 Å². The average Bonchev–Trinajstić information content (AvgIpc) is 2.29. The first-order valence-electron chi connectivity index (χ1n) is 6.65. The molecule has 0 unspecified atom stereocenters. The van der Waals surface area contributed by atoms with Gasteiger partial charge in [0.25, 0.3) is 0 Å². The molecule has 0 fully saturated rings. The number of ether oxygens (including phenoxy) is 1. The van der Waals surface area contributed by atoms with Gasteiger partial charge in [0.2, 0.25) is 0 Å². The number of hydrogen-bond acceptors (Lipinski definition) is 2. The Labute approximate surface area is 117 Å². The van der Waals surface area contributed by atoms with Crippen LogP contribution in [0.3, 0.4) is 0 Å². The van der Waals surface area contributed by atoms with E-state index in [2.05, 4.69) is 19.1 Å². The predicted octanol–water partition coefficient (Wildman–Crippen LogP) is 4.48. The average molecular weight is 272 g/mol. The molecule has 0 aliphatic rings. The Morgan fingerprint density at radius 1 is 1.11 bits per heavy atom. The van der Waals surface area contributed by atoms with Gasteiger partial charge in [0.15, 0.2) is 0 Å². The van der Waals surface area contributed by atoms with E-state index < -0.39 is 0 Å². The molecule has 0 spiro atoms. The Hall–Kier alpha value is -0.730. The fraction of sp³-hybridized carbons (Fsp3) is 0.600. The smallest absolute Gasteiger partial charge is 0.119 e. The molecule has 1 atom stereocenters. The zero-order chi connectivity index (χ0) is 12.7. The number of benzene rings is 1. The second kappa shape index (κ2) is 9.23. The van der Waals surface area contributed by atoms with E-state index >= 15 is 0 Å². The molecule has 0 heterocycles. The van der Waals surface area contributed by atoms with Gasteiger partial charge in [-0.3, -0.25) is 0 Å². The minimum absolute atomic E-state index is 0. The summed E-state index contributed by atoms with van der Waals surface area (Å²) in [5, 5.41) is 0. The molecule has 18 heavy (non-hydrogen) atoms. The number of halogens is 1. The van der Waals surface area contributed by atoms with E-state index in [1.165, 1.54) is 24.8 Å². The van der Waals surface area contributed by atoms with Crippen LogP contribution in [0.25, 0.3) is 0 Å². The molecule has 3 heteroatoms. The third-order valence-corrected chi connectivity index (χ3v) is 2.80. The maximum absolute atomic E-state index is 6.15. The van der Waals surface area contributed by atoms with Gasteiger partial charge in [-0.1, -0.05) is 38.3 Å². The summed E-state index contributed by atoms with van der Waals surface area (Å²) in [5.41, 5.74) is 7.35. The van der Waals surface area contributed by atoms with Crippen LogP contribution in [-0.4, -0.2) is 6.10 Å². The van der Waals surface area contributed by atoms with Gasteiger partial charge in [0, 0.05) is 6.04 Å². The fourth-order valence-electron chi connectivity index (χ4n) is 1.85. The summed E-state index contributed by atoms with van der Waals surface area (Å²) >= 11 is 0. The molecule has 0 aliphatic heterocycles. The molecule has 104 valence electrons. The highest BCUT2D eigenvalue weighted by molar-refractivity contribution is 5.85. The number of unbranched alkanes of at least 4 members (excludes halogenated alkanes) is 2. The summed E-state index contributed by atoms with van der Waals surface area (Å²) in [7, 11) is 0. The van der Waals surface area contributed by atoms with Gasteiger partial charge in [0.05, 0.1) is 6.10 Å². The molecule has 1 rings (SSSR count). The lowest BCUT2D eigenvalue weighted by Crippen LogP contribution is -2.10. The van der Waals surface area contributed by atoms with Crippen LogP contribution in [0.4, 0.5) is 0 Å². The van der Waals surface area contributed by atoms with Gasteiger partial charge in [-0.15, -0.1) is 12.4 Å². The first-order chi connectivity index (χ1) is 8.13. The minimum Gasteiger partial charge on any atom is -0.491 e. The molecule has 2 N–H and O–H groups in total. The quantitative estimate of drug-likeness (QED) is 0.743. The van der Waals surface area contributed by atoms with Crippen molar-refractivity contribution in [2.24, 2.45) is 5.73 Å². The molecule has 0 amide bonds. The van der Waals surface area contributed by atoms with E-state index in [1.54, 1.807) is 0 Å². The maximum atomic E-state index is 6.15. The molecular weight excluding hydrogens is 246 g/mol. The molecule has 2 nitrogen and oxygen atoms in total. The summed E-state index contributed by atoms with van der Waals surface area (Å²) in [4.78, 5) is 0. The van der Waals surface area contributed by atoms with E-state index in [-0.39, 0.29) is 24.6 Å². The Morgan fingerprint density at radius 3 is 2.22 bits per heavy atom. The Morgan fingerprint density at radius 2 is 1.72 bits per heavy atom. The monoisotopic (exact) mass is 271 g/mol. The van der Waals surface area contributed by atoms with Crippen molar-refractivity contribution in [1.29, 1.82) is 0 Å². The van der Waals surface area contributed by atoms with Crippen molar-refractivity contribution in [2.45, 2.75) is 58.6 Å². The molecule has 0 saturated heterocycles. The maximum Gasteiger partial charge on any atom is 0.119 e. The Bertz CT molecular complexity index is 311. The van der Waals surface area contributed by atoms with E-state index in [0.29, 0.717) is 0 Å². The summed E-state index contributed by atoms with van der Waals surface area (Å²) in [6.45, 7) is 6.28. The van der Waals surface area contributed by atoms with Gasteiger partial charge in [-0.25, -0.2) is 0 Å². The first-order valence-corrected chi connectivity index (χ1v) is 6.65. The van der Waals surface area contributed by atoms with E-state index in [9.17, 15) is 0 Å². The van der Waals surface area contributed by atoms with Crippen LogP contribution in [0.2, 0.25) is 0 Å². The SMILES string of the molecule is CCCCC[C@@H](N)c1ccc(OC(C)C)cc1.Cl. The Balaban J connectivity index is 0.00000289. The van der Waals surface area contributed by atoms with Crippen LogP contribution >= 0.6 is 12.4 Å². The zero-order valence-electron chi connectivity index (χ0n) is 11.7. The fourth-order valence-corrected chi connectivity index (χ4v) is 1.85. The van der Waals surface area contributed by atoms with Crippen molar-refractivity contribution >= 4 is 12.4 Å². The molecule has 0 radical (unpaired) electrons. The molecule has 0 aliphatic carbocycles. The highest BCUT2D eigenvalue weighted by Gasteiger charge is 2.06. The molecule has 0 aromatic heterocycles. The predicted molar refractivity (Wildman–Crippen MR) is 80.5 cm³/mol. The summed E-state index contributed by atoms with van der Waals surface area (Å²) < 4.78 is 5.61. The molecule has 1 aromatic rings. The lowest BCUT2D eigenvalue weighted by Gasteiger charge is -2.14. The van der Waals surface area contributed by atoms with Crippen molar-refractivity contribution in [3.63, 3.8) is 0 Å². The van der Waals surface area contributed by atoms with Gasteiger partial charge >= 0.3 is 0 Å².